The molecule has 3 N–H and O–H groups in total. The van der Waals surface area contributed by atoms with E-state index < -0.39 is 0 Å². The van der Waals surface area contributed by atoms with E-state index in [1.54, 1.807) is 6.20 Å². The molecular weight excluding hydrogens is 382 g/mol. The normalized spacial score (nSPS) is 18.5. The van der Waals surface area contributed by atoms with Crippen molar-refractivity contribution in [2.24, 2.45) is 0 Å². The number of nitrogens with one attached hydrogen (secondary N) is 3. The smallest absolute Gasteiger partial charge is 0.226 e. The number of aromatic amines is 1. The van der Waals surface area contributed by atoms with Gasteiger partial charge in [-0.15, -0.1) is 0 Å². The number of benzene rings is 1. The third-order valence-corrected chi connectivity index (χ3v) is 5.37. The van der Waals surface area contributed by atoms with Gasteiger partial charge in [0.1, 0.15) is 0 Å². The number of anilines is 1. The van der Waals surface area contributed by atoms with E-state index in [0.29, 0.717) is 18.1 Å². The van der Waals surface area contributed by atoms with Crippen molar-refractivity contribution >= 4 is 28.9 Å². The highest BCUT2D eigenvalue weighted by molar-refractivity contribution is 7.80. The van der Waals surface area contributed by atoms with Crippen molar-refractivity contribution in [2.75, 3.05) is 11.9 Å². The van der Waals surface area contributed by atoms with Gasteiger partial charge in [-0.05, 0) is 61.1 Å². The number of hydrogen-bond acceptors (Lipinski definition) is 3. The molecule has 0 aliphatic carbocycles. The van der Waals surface area contributed by atoms with Crippen LogP contribution in [-0.2, 0) is 4.79 Å². The summed E-state index contributed by atoms with van der Waals surface area (Å²) < 4.78 is 0. The average molecular weight is 406 g/mol. The van der Waals surface area contributed by atoms with E-state index in [1.165, 1.54) is 0 Å². The number of rotatable bonds is 6. The van der Waals surface area contributed by atoms with Crippen LogP contribution >= 0.6 is 12.2 Å². The number of carbonyl (C=O) groups excluding carboxylic acids is 1. The fourth-order valence-electron chi connectivity index (χ4n) is 3.68. The molecule has 0 saturated carbocycles. The summed E-state index contributed by atoms with van der Waals surface area (Å²) in [5, 5.41) is 6.98. The maximum absolute atomic E-state index is 12.5. The number of H-pyrrole nitrogens is 1. The van der Waals surface area contributed by atoms with Gasteiger partial charge in [-0.1, -0.05) is 18.2 Å². The van der Waals surface area contributed by atoms with Crippen LogP contribution in [0.5, 0.6) is 0 Å². The largest absolute Gasteiger partial charge is 0.363 e. The molecule has 0 radical (unpaired) electrons. The second kappa shape index (κ2) is 8.45. The number of pyridine rings is 1. The molecular formula is C22H23N5OS. The van der Waals surface area contributed by atoms with Gasteiger partial charge < -0.3 is 20.5 Å². The highest BCUT2D eigenvalue weighted by Crippen LogP contribution is 2.37. The minimum Gasteiger partial charge on any atom is -0.363 e. The zero-order valence-electron chi connectivity index (χ0n) is 16.1. The molecule has 1 aliphatic heterocycles. The van der Waals surface area contributed by atoms with Crippen molar-refractivity contribution in [3.8, 4) is 0 Å². The number of aromatic nitrogens is 2. The summed E-state index contributed by atoms with van der Waals surface area (Å²) >= 11 is 5.61. The van der Waals surface area contributed by atoms with Crippen LogP contribution in [0.4, 0.5) is 5.69 Å². The lowest BCUT2D eigenvalue weighted by Gasteiger charge is -2.26. The molecule has 3 heterocycles. The molecule has 2 aromatic heterocycles. The fraction of sp³-hybridized carbons (Fsp3) is 0.227. The van der Waals surface area contributed by atoms with Gasteiger partial charge >= 0.3 is 0 Å². The van der Waals surface area contributed by atoms with Crippen molar-refractivity contribution in [2.45, 2.75) is 25.4 Å². The van der Waals surface area contributed by atoms with Gasteiger partial charge in [-0.25, -0.2) is 0 Å². The number of hydrogen-bond donors (Lipinski definition) is 3. The van der Waals surface area contributed by atoms with Gasteiger partial charge in [0.05, 0.1) is 17.8 Å². The van der Waals surface area contributed by atoms with Crippen LogP contribution in [0.2, 0.25) is 0 Å². The molecule has 3 aromatic rings. The first-order valence-electron chi connectivity index (χ1n) is 9.60. The van der Waals surface area contributed by atoms with E-state index in [-0.39, 0.29) is 18.0 Å². The maximum Gasteiger partial charge on any atom is 0.226 e. The molecule has 6 nitrogen and oxygen atoms in total. The van der Waals surface area contributed by atoms with Crippen molar-refractivity contribution in [3.05, 3.63) is 83.9 Å². The van der Waals surface area contributed by atoms with Gasteiger partial charge in [0.2, 0.25) is 5.91 Å². The Kier molecular flexibility index (Phi) is 5.57. The lowest BCUT2D eigenvalue weighted by Crippen LogP contribution is -2.32. The molecule has 0 spiro atoms. The Labute approximate surface area is 175 Å². The summed E-state index contributed by atoms with van der Waals surface area (Å²) in [5.41, 5.74) is 3.87. The third kappa shape index (κ3) is 4.30. The zero-order valence-corrected chi connectivity index (χ0v) is 16.9. The molecule has 1 aliphatic rings. The van der Waals surface area contributed by atoms with Gasteiger partial charge in [0.15, 0.2) is 5.11 Å². The molecule has 1 aromatic carbocycles. The van der Waals surface area contributed by atoms with Crippen LogP contribution in [0.25, 0.3) is 0 Å². The minimum absolute atomic E-state index is 0.0371. The maximum atomic E-state index is 12.5. The molecule has 2 atom stereocenters. The van der Waals surface area contributed by atoms with E-state index in [9.17, 15) is 4.79 Å². The quantitative estimate of drug-likeness (QED) is 0.545. The molecule has 0 bridgehead atoms. The standard InChI is InChI=1S/C22H23N5OS/c1-15-6-4-7-16(14-15)25-19(28)10-13-27-21(18-9-5-12-24-18)20(26-22(27)29)17-8-2-3-11-23-17/h2-9,11-12,14,20-21,24H,10,13H2,1H3,(H,25,28)(H,26,29). The number of aryl methyl sites for hydroxylation is 1. The fourth-order valence-corrected chi connectivity index (χ4v) is 4.01. The Morgan fingerprint density at radius 2 is 2.10 bits per heavy atom. The number of thiocarbonyl (C=S) groups is 1. The summed E-state index contributed by atoms with van der Waals surface area (Å²) in [6.07, 6.45) is 4.01. The van der Waals surface area contributed by atoms with Crippen LogP contribution in [-0.4, -0.2) is 32.4 Å². The minimum atomic E-state index is -0.0813. The molecule has 1 saturated heterocycles. The number of nitrogens with zero attached hydrogens (tertiary/aromatic N) is 2. The Morgan fingerprint density at radius 3 is 2.83 bits per heavy atom. The second-order valence-electron chi connectivity index (χ2n) is 7.11. The van der Waals surface area contributed by atoms with Crippen molar-refractivity contribution in [3.63, 3.8) is 0 Å². The van der Waals surface area contributed by atoms with Crippen LogP contribution in [0.3, 0.4) is 0 Å². The highest BCUT2D eigenvalue weighted by Gasteiger charge is 2.40. The van der Waals surface area contributed by atoms with Crippen LogP contribution < -0.4 is 10.6 Å². The van der Waals surface area contributed by atoms with Crippen LogP contribution in [0, 0.1) is 6.92 Å². The lowest BCUT2D eigenvalue weighted by atomic mass is 10.0. The van der Waals surface area contributed by atoms with E-state index in [0.717, 1.165) is 22.6 Å². The summed E-state index contributed by atoms with van der Waals surface area (Å²) in [5.74, 6) is -0.0371. The first-order chi connectivity index (χ1) is 14.1. The predicted octanol–water partition coefficient (Wildman–Crippen LogP) is 3.72. The van der Waals surface area contributed by atoms with Crippen LogP contribution in [0.1, 0.15) is 35.5 Å². The average Bonchev–Trinajstić information content (AvgIpc) is 3.35. The molecule has 148 valence electrons. The van der Waals surface area contributed by atoms with Gasteiger partial charge in [-0.3, -0.25) is 9.78 Å². The first kappa shape index (κ1) is 19.1. The monoisotopic (exact) mass is 405 g/mol. The van der Waals surface area contributed by atoms with Crippen molar-refractivity contribution in [1.29, 1.82) is 0 Å². The lowest BCUT2D eigenvalue weighted by molar-refractivity contribution is -0.116. The molecule has 1 fully saturated rings. The van der Waals surface area contributed by atoms with Crippen LogP contribution in [0.15, 0.2) is 67.0 Å². The zero-order chi connectivity index (χ0) is 20.2. The van der Waals surface area contributed by atoms with Gasteiger partial charge in [0.25, 0.3) is 0 Å². The molecule has 1 amide bonds. The SMILES string of the molecule is Cc1cccc(NC(=O)CCN2C(=S)NC(c3ccccn3)C2c2ccc[nH]2)c1. The van der Waals surface area contributed by atoms with E-state index in [4.69, 9.17) is 12.2 Å². The van der Waals surface area contributed by atoms with Gasteiger partial charge in [0, 0.05) is 36.7 Å². The topological polar surface area (TPSA) is 73.1 Å². The molecule has 29 heavy (non-hydrogen) atoms. The second-order valence-corrected chi connectivity index (χ2v) is 7.50. The van der Waals surface area contributed by atoms with E-state index >= 15 is 0 Å². The summed E-state index contributed by atoms with van der Waals surface area (Å²) in [4.78, 5) is 22.4. The molecule has 2 unspecified atom stereocenters. The van der Waals surface area contributed by atoms with Gasteiger partial charge in [-0.2, -0.15) is 0 Å². The number of amides is 1. The van der Waals surface area contributed by atoms with E-state index in [1.807, 2.05) is 67.7 Å². The Balaban J connectivity index is 1.49. The third-order valence-electron chi connectivity index (χ3n) is 5.02. The summed E-state index contributed by atoms with van der Waals surface area (Å²) in [6, 6.07) is 17.5. The first-order valence-corrected chi connectivity index (χ1v) is 10.0. The predicted molar refractivity (Wildman–Crippen MR) is 117 cm³/mol. The molecule has 7 heteroatoms. The van der Waals surface area contributed by atoms with Crippen molar-refractivity contribution < 1.29 is 4.79 Å². The Morgan fingerprint density at radius 1 is 1.21 bits per heavy atom. The molecule has 4 rings (SSSR count). The summed E-state index contributed by atoms with van der Waals surface area (Å²) in [7, 11) is 0. The Hall–Kier alpha value is -3.19. The van der Waals surface area contributed by atoms with E-state index in [2.05, 4.69) is 25.5 Å². The Bertz CT molecular complexity index is 989. The summed E-state index contributed by atoms with van der Waals surface area (Å²) in [6.45, 7) is 2.51. The van der Waals surface area contributed by atoms with Crippen molar-refractivity contribution in [1.82, 2.24) is 20.2 Å². The highest BCUT2D eigenvalue weighted by atomic mass is 32.1. The number of carbonyl (C=O) groups is 1.